The van der Waals surface area contributed by atoms with Crippen molar-refractivity contribution in [1.29, 1.82) is 0 Å². The lowest BCUT2D eigenvalue weighted by Crippen LogP contribution is -2.47. The molecule has 1 aromatic heterocycles. The lowest BCUT2D eigenvalue weighted by Gasteiger charge is -2.36. The first-order valence-corrected chi connectivity index (χ1v) is 11.9. The van der Waals surface area contributed by atoms with Crippen LogP contribution in [0.25, 0.3) is 22.1 Å². The summed E-state index contributed by atoms with van der Waals surface area (Å²) in [6, 6.07) is 23.1. The molecule has 0 aliphatic carbocycles. The van der Waals surface area contributed by atoms with Gasteiger partial charge in [0.2, 0.25) is 5.43 Å². The van der Waals surface area contributed by atoms with Crippen LogP contribution in [-0.2, 0) is 0 Å². The van der Waals surface area contributed by atoms with Gasteiger partial charge in [0.15, 0.2) is 0 Å². The molecule has 5 rings (SSSR count). The van der Waals surface area contributed by atoms with Crippen molar-refractivity contribution in [3.05, 3.63) is 93.8 Å². The molecule has 0 atom stereocenters. The third kappa shape index (κ3) is 4.81. The Kier molecular flexibility index (Phi) is 6.57. The fourth-order valence-corrected chi connectivity index (χ4v) is 4.69. The number of hydrogen-bond acceptors (Lipinski definition) is 5. The summed E-state index contributed by atoms with van der Waals surface area (Å²) in [6.07, 6.45) is 0. The second kappa shape index (κ2) is 9.92. The molecule has 0 saturated carbocycles. The van der Waals surface area contributed by atoms with E-state index in [9.17, 15) is 4.79 Å². The van der Waals surface area contributed by atoms with E-state index in [2.05, 4.69) is 15.9 Å². The zero-order valence-electron chi connectivity index (χ0n) is 19.2. The lowest BCUT2D eigenvalue weighted by molar-refractivity contribution is 0.200. The number of ether oxygens (including phenoxy) is 1. The molecule has 0 unspecified atom stereocenters. The number of piperazine rings is 1. The van der Waals surface area contributed by atoms with Gasteiger partial charge in [-0.05, 0) is 42.8 Å². The summed E-state index contributed by atoms with van der Waals surface area (Å²) < 4.78 is 12.0. The van der Waals surface area contributed by atoms with Crippen molar-refractivity contribution in [1.82, 2.24) is 4.90 Å². The number of rotatable bonds is 6. The van der Waals surface area contributed by atoms with E-state index >= 15 is 0 Å². The number of fused-ring (bicyclic) bond motifs is 1. The van der Waals surface area contributed by atoms with E-state index in [1.165, 1.54) is 5.69 Å². The molecular weight excluding hydrogens is 448 g/mol. The second-order valence-corrected chi connectivity index (χ2v) is 8.98. The molecule has 0 N–H and O–H groups in total. The number of hydrogen-bond donors (Lipinski definition) is 0. The Morgan fingerprint density at radius 3 is 2.50 bits per heavy atom. The van der Waals surface area contributed by atoms with Crippen LogP contribution in [0.15, 0.2) is 82.0 Å². The normalized spacial score (nSPS) is 14.5. The third-order valence-electron chi connectivity index (χ3n) is 6.32. The fourth-order valence-electron chi connectivity index (χ4n) is 4.51. The number of nitrogens with zero attached hydrogens (tertiary/aromatic N) is 2. The average Bonchev–Trinajstić information content (AvgIpc) is 2.85. The van der Waals surface area contributed by atoms with Gasteiger partial charge in [-0.3, -0.25) is 9.69 Å². The molecule has 6 heteroatoms. The first kappa shape index (κ1) is 22.5. The van der Waals surface area contributed by atoms with Crippen molar-refractivity contribution in [2.45, 2.75) is 6.92 Å². The predicted octanol–water partition coefficient (Wildman–Crippen LogP) is 5.62. The van der Waals surface area contributed by atoms with Crippen LogP contribution in [0.1, 0.15) is 5.76 Å². The largest absolute Gasteiger partial charge is 0.492 e. The molecule has 5 nitrogen and oxygen atoms in total. The minimum absolute atomic E-state index is 0.0194. The lowest BCUT2D eigenvalue weighted by atomic mass is 10.0. The third-order valence-corrected chi connectivity index (χ3v) is 6.56. The molecule has 4 aromatic rings. The SMILES string of the molecule is Cc1oc2cc(OCCN3CCN(c4cccc(Cl)c4)CC3)ccc2c(=O)c1-c1ccccc1. The Labute approximate surface area is 204 Å². The Morgan fingerprint density at radius 1 is 0.941 bits per heavy atom. The van der Waals surface area contributed by atoms with Crippen LogP contribution in [-0.4, -0.2) is 44.2 Å². The van der Waals surface area contributed by atoms with E-state index in [4.69, 9.17) is 20.8 Å². The Balaban J connectivity index is 1.20. The fraction of sp³-hybridized carbons (Fsp3) is 0.250. The van der Waals surface area contributed by atoms with E-state index in [0.717, 1.165) is 43.3 Å². The van der Waals surface area contributed by atoms with Gasteiger partial charge >= 0.3 is 0 Å². The molecule has 1 saturated heterocycles. The standard InChI is InChI=1S/C28H27ClN2O3/c1-20-27(21-6-3-2-4-7-21)28(32)25-11-10-24(19-26(25)34-20)33-17-16-30-12-14-31(15-13-30)23-9-5-8-22(29)18-23/h2-11,18-19H,12-17H2,1H3. The van der Waals surface area contributed by atoms with Crippen molar-refractivity contribution in [2.75, 3.05) is 44.2 Å². The van der Waals surface area contributed by atoms with Crippen LogP contribution in [0.2, 0.25) is 5.02 Å². The summed E-state index contributed by atoms with van der Waals surface area (Å²) in [6.45, 7) is 7.13. The molecule has 0 amide bonds. The molecule has 2 heterocycles. The van der Waals surface area contributed by atoms with E-state index < -0.39 is 0 Å². The van der Waals surface area contributed by atoms with Crippen LogP contribution in [0, 0.1) is 6.92 Å². The minimum Gasteiger partial charge on any atom is -0.492 e. The molecule has 34 heavy (non-hydrogen) atoms. The van der Waals surface area contributed by atoms with Gasteiger partial charge in [-0.2, -0.15) is 0 Å². The predicted molar refractivity (Wildman–Crippen MR) is 138 cm³/mol. The first-order valence-electron chi connectivity index (χ1n) is 11.6. The van der Waals surface area contributed by atoms with Crippen molar-refractivity contribution in [3.63, 3.8) is 0 Å². The van der Waals surface area contributed by atoms with Crippen LogP contribution < -0.4 is 15.1 Å². The smallest absolute Gasteiger partial charge is 0.200 e. The van der Waals surface area contributed by atoms with Crippen molar-refractivity contribution in [3.8, 4) is 16.9 Å². The van der Waals surface area contributed by atoms with Gasteiger partial charge in [-0.25, -0.2) is 0 Å². The van der Waals surface area contributed by atoms with Gasteiger partial charge in [0, 0.05) is 49.5 Å². The van der Waals surface area contributed by atoms with Gasteiger partial charge in [0.05, 0.1) is 10.9 Å². The maximum absolute atomic E-state index is 13.1. The van der Waals surface area contributed by atoms with E-state index in [1.807, 2.05) is 67.6 Å². The van der Waals surface area contributed by atoms with Crippen molar-refractivity contribution in [2.24, 2.45) is 0 Å². The van der Waals surface area contributed by atoms with Gasteiger partial charge in [-0.1, -0.05) is 48.0 Å². The summed E-state index contributed by atoms with van der Waals surface area (Å²) in [5.74, 6) is 1.32. The molecule has 174 valence electrons. The maximum Gasteiger partial charge on any atom is 0.200 e. The van der Waals surface area contributed by atoms with Gasteiger partial charge in [0.25, 0.3) is 0 Å². The molecule has 1 aliphatic heterocycles. The second-order valence-electron chi connectivity index (χ2n) is 8.54. The zero-order chi connectivity index (χ0) is 23.5. The summed E-state index contributed by atoms with van der Waals surface area (Å²) in [5, 5.41) is 1.33. The Hall–Kier alpha value is -3.28. The molecule has 0 radical (unpaired) electrons. The number of benzene rings is 3. The van der Waals surface area contributed by atoms with Crippen molar-refractivity contribution >= 4 is 28.3 Å². The highest BCUT2D eigenvalue weighted by Gasteiger charge is 2.18. The van der Waals surface area contributed by atoms with Gasteiger partial charge < -0.3 is 14.1 Å². The van der Waals surface area contributed by atoms with Crippen LogP contribution in [0.3, 0.4) is 0 Å². The number of aryl methyl sites for hydroxylation is 1. The molecule has 0 spiro atoms. The van der Waals surface area contributed by atoms with E-state index in [0.29, 0.717) is 34.6 Å². The average molecular weight is 475 g/mol. The maximum atomic E-state index is 13.1. The Morgan fingerprint density at radius 2 is 1.74 bits per heavy atom. The summed E-state index contributed by atoms with van der Waals surface area (Å²) in [4.78, 5) is 17.9. The molecular formula is C28H27ClN2O3. The van der Waals surface area contributed by atoms with Gasteiger partial charge in [-0.15, -0.1) is 0 Å². The quantitative estimate of drug-likeness (QED) is 0.363. The van der Waals surface area contributed by atoms with E-state index in [1.54, 1.807) is 6.07 Å². The van der Waals surface area contributed by atoms with Crippen LogP contribution in [0.4, 0.5) is 5.69 Å². The summed E-state index contributed by atoms with van der Waals surface area (Å²) in [7, 11) is 0. The molecule has 0 bridgehead atoms. The highest BCUT2D eigenvalue weighted by molar-refractivity contribution is 6.30. The van der Waals surface area contributed by atoms with E-state index in [-0.39, 0.29) is 5.43 Å². The summed E-state index contributed by atoms with van der Waals surface area (Å²) in [5.41, 5.74) is 3.18. The van der Waals surface area contributed by atoms with Gasteiger partial charge in [0.1, 0.15) is 23.7 Å². The topological polar surface area (TPSA) is 45.9 Å². The minimum atomic E-state index is -0.0194. The molecule has 1 aliphatic rings. The number of halogens is 1. The van der Waals surface area contributed by atoms with Crippen LogP contribution >= 0.6 is 11.6 Å². The summed E-state index contributed by atoms with van der Waals surface area (Å²) >= 11 is 6.13. The zero-order valence-corrected chi connectivity index (χ0v) is 19.9. The monoisotopic (exact) mass is 474 g/mol. The molecule has 1 fully saturated rings. The number of anilines is 1. The highest BCUT2D eigenvalue weighted by Crippen LogP contribution is 2.26. The highest BCUT2D eigenvalue weighted by atomic mass is 35.5. The Bertz CT molecular complexity index is 1350. The first-order chi connectivity index (χ1) is 16.6. The van der Waals surface area contributed by atoms with Crippen molar-refractivity contribution < 1.29 is 9.15 Å². The molecule has 3 aromatic carbocycles. The van der Waals surface area contributed by atoms with Crippen LogP contribution in [0.5, 0.6) is 5.75 Å².